The largest absolute Gasteiger partial charge is 0.361 e. The first-order valence-electron chi connectivity index (χ1n) is 9.75. The van der Waals surface area contributed by atoms with Crippen molar-refractivity contribution in [3.8, 4) is 0 Å². The molecule has 2 N–H and O–H groups in total. The topological polar surface area (TPSA) is 104 Å². The van der Waals surface area contributed by atoms with Crippen molar-refractivity contribution in [2.24, 2.45) is 0 Å². The number of nitrogens with one attached hydrogen (secondary N) is 2. The number of likely N-dealkylation sites (tertiary alicyclic amines) is 1. The predicted molar refractivity (Wildman–Crippen MR) is 113 cm³/mol. The molecule has 3 aromatic rings. The summed E-state index contributed by atoms with van der Waals surface area (Å²) in [5.41, 5.74) is 3.21. The number of carbonyl (C=O) groups excluding carboxylic acids is 1. The van der Waals surface area contributed by atoms with Crippen LogP contribution in [0.3, 0.4) is 0 Å². The van der Waals surface area contributed by atoms with E-state index in [-0.39, 0.29) is 16.5 Å². The number of fused-ring (bicyclic) bond motifs is 1. The Morgan fingerprint density at radius 2 is 2.21 bits per heavy atom. The van der Waals surface area contributed by atoms with Crippen molar-refractivity contribution in [1.29, 1.82) is 0 Å². The molecule has 1 aliphatic rings. The molecule has 1 amide bonds. The first-order chi connectivity index (χ1) is 14.0. The molecule has 1 aliphatic heterocycles. The molecule has 4 rings (SSSR count). The number of nitro benzene ring substituents is 1. The quantitative estimate of drug-likeness (QED) is 0.464. The minimum atomic E-state index is -0.343. The molecule has 152 valence electrons. The monoisotopic (exact) mass is 413 g/mol. The number of hydrogen-bond acceptors (Lipinski definition) is 6. The van der Waals surface area contributed by atoms with Gasteiger partial charge in [-0.15, -0.1) is 11.3 Å². The summed E-state index contributed by atoms with van der Waals surface area (Å²) in [6, 6.07) is 4.99. The van der Waals surface area contributed by atoms with Crippen molar-refractivity contribution in [2.75, 3.05) is 18.4 Å². The first kappa shape index (κ1) is 19.5. The molecule has 0 unspecified atom stereocenters. The molecule has 29 heavy (non-hydrogen) atoms. The van der Waals surface area contributed by atoms with Gasteiger partial charge in [-0.3, -0.25) is 19.8 Å². The van der Waals surface area contributed by atoms with Crippen molar-refractivity contribution < 1.29 is 9.72 Å². The summed E-state index contributed by atoms with van der Waals surface area (Å²) >= 11 is 1.46. The molecule has 1 aromatic carbocycles. The summed E-state index contributed by atoms with van der Waals surface area (Å²) in [4.78, 5) is 32.4. The van der Waals surface area contributed by atoms with E-state index in [2.05, 4.69) is 20.2 Å². The molecule has 0 bridgehead atoms. The molecular formula is C20H23N5O3S. The molecule has 9 heteroatoms. The number of nitrogens with zero attached hydrogens (tertiary/aromatic N) is 3. The fourth-order valence-corrected chi connectivity index (χ4v) is 4.57. The van der Waals surface area contributed by atoms with E-state index in [0.29, 0.717) is 17.5 Å². The van der Waals surface area contributed by atoms with E-state index in [1.807, 2.05) is 18.5 Å². The Hall–Kier alpha value is -2.78. The van der Waals surface area contributed by atoms with E-state index >= 15 is 0 Å². The molecule has 2 aromatic heterocycles. The van der Waals surface area contributed by atoms with E-state index in [1.54, 1.807) is 12.1 Å². The zero-order chi connectivity index (χ0) is 20.4. The number of nitro groups is 1. The molecule has 0 radical (unpaired) electrons. The van der Waals surface area contributed by atoms with E-state index in [9.17, 15) is 14.9 Å². The van der Waals surface area contributed by atoms with E-state index in [1.165, 1.54) is 23.0 Å². The van der Waals surface area contributed by atoms with Crippen molar-refractivity contribution >= 4 is 39.0 Å². The third-order valence-electron chi connectivity index (χ3n) is 5.44. The zero-order valence-corrected chi connectivity index (χ0v) is 17.0. The van der Waals surface area contributed by atoms with E-state index < -0.39 is 0 Å². The number of H-pyrrole nitrogens is 1. The normalized spacial score (nSPS) is 15.6. The SMILES string of the molecule is CCC(=O)Nc1nc(CN2CCC(c3c[nH]c4ccc([N+](=O)[O-])cc34)CC2)cs1. The molecule has 3 heterocycles. The minimum absolute atomic E-state index is 0.0225. The van der Waals surface area contributed by atoms with Crippen LogP contribution in [-0.2, 0) is 11.3 Å². The van der Waals surface area contributed by atoms with Crippen LogP contribution in [0.15, 0.2) is 29.8 Å². The lowest BCUT2D eigenvalue weighted by Gasteiger charge is -2.31. The van der Waals surface area contributed by atoms with Crippen LogP contribution in [0, 0.1) is 10.1 Å². The Morgan fingerprint density at radius 3 is 2.93 bits per heavy atom. The maximum Gasteiger partial charge on any atom is 0.270 e. The lowest BCUT2D eigenvalue weighted by Crippen LogP contribution is -2.32. The summed E-state index contributed by atoms with van der Waals surface area (Å²) in [5, 5.41) is 17.5. The van der Waals surface area contributed by atoms with Gasteiger partial charge in [0, 0.05) is 47.6 Å². The van der Waals surface area contributed by atoms with E-state index in [4.69, 9.17) is 0 Å². The Morgan fingerprint density at radius 1 is 1.41 bits per heavy atom. The lowest BCUT2D eigenvalue weighted by atomic mass is 9.89. The van der Waals surface area contributed by atoms with Gasteiger partial charge < -0.3 is 10.3 Å². The summed E-state index contributed by atoms with van der Waals surface area (Å²) in [6.45, 7) is 4.48. The van der Waals surface area contributed by atoms with Gasteiger partial charge in [-0.2, -0.15) is 0 Å². The molecule has 1 saturated heterocycles. The maximum absolute atomic E-state index is 11.5. The van der Waals surface area contributed by atoms with Crippen molar-refractivity contribution in [2.45, 2.75) is 38.6 Å². The number of aromatic nitrogens is 2. The number of piperidine rings is 1. The minimum Gasteiger partial charge on any atom is -0.361 e. The van der Waals surface area contributed by atoms with Crippen LogP contribution in [0.25, 0.3) is 10.9 Å². The number of amides is 1. The molecule has 0 atom stereocenters. The fraction of sp³-hybridized carbons (Fsp3) is 0.400. The van der Waals surface area contributed by atoms with Crippen LogP contribution in [0.1, 0.15) is 43.4 Å². The highest BCUT2D eigenvalue weighted by Crippen LogP contribution is 2.35. The Bertz CT molecular complexity index is 1040. The van der Waals surface area contributed by atoms with Crippen molar-refractivity contribution in [1.82, 2.24) is 14.9 Å². The number of anilines is 1. The molecule has 8 nitrogen and oxygen atoms in total. The van der Waals surface area contributed by atoms with Crippen LogP contribution in [0.4, 0.5) is 10.8 Å². The number of aromatic amines is 1. The van der Waals surface area contributed by atoms with Gasteiger partial charge in [-0.1, -0.05) is 6.92 Å². The Kier molecular flexibility index (Phi) is 5.59. The van der Waals surface area contributed by atoms with Crippen molar-refractivity contribution in [3.63, 3.8) is 0 Å². The summed E-state index contributed by atoms with van der Waals surface area (Å²) in [6.07, 6.45) is 4.44. The molecule has 0 saturated carbocycles. The highest BCUT2D eigenvalue weighted by atomic mass is 32.1. The standard InChI is InChI=1S/C20H23N5O3S/c1-2-19(26)23-20-22-14(12-29-20)11-24-7-5-13(6-8-24)17-10-21-18-4-3-15(25(27)28)9-16(17)18/h3-4,9-10,12-13,21H,2,5-8,11H2,1H3,(H,22,23,26). The zero-order valence-electron chi connectivity index (χ0n) is 16.2. The molecular weight excluding hydrogens is 390 g/mol. The summed E-state index contributed by atoms with van der Waals surface area (Å²) < 4.78 is 0. The average Bonchev–Trinajstić information content (AvgIpc) is 3.34. The highest BCUT2D eigenvalue weighted by Gasteiger charge is 2.24. The second kappa shape index (κ2) is 8.30. The Balaban J connectivity index is 1.38. The number of thiazole rings is 1. The number of carbonyl (C=O) groups is 1. The highest BCUT2D eigenvalue weighted by molar-refractivity contribution is 7.13. The second-order valence-corrected chi connectivity index (χ2v) is 8.19. The third-order valence-corrected chi connectivity index (χ3v) is 6.25. The van der Waals surface area contributed by atoms with Gasteiger partial charge in [-0.25, -0.2) is 4.98 Å². The molecule has 0 spiro atoms. The van der Waals surface area contributed by atoms with Gasteiger partial charge in [0.2, 0.25) is 5.91 Å². The van der Waals surface area contributed by atoms with Crippen LogP contribution in [-0.4, -0.2) is 38.8 Å². The third kappa shape index (κ3) is 4.30. The average molecular weight is 414 g/mol. The van der Waals surface area contributed by atoms with Crippen molar-refractivity contribution in [3.05, 3.63) is 51.1 Å². The molecule has 1 fully saturated rings. The number of rotatable bonds is 6. The smallest absolute Gasteiger partial charge is 0.270 e. The van der Waals surface area contributed by atoms with Crippen LogP contribution in [0.5, 0.6) is 0 Å². The van der Waals surface area contributed by atoms with Crippen LogP contribution < -0.4 is 5.32 Å². The van der Waals surface area contributed by atoms with Crippen LogP contribution in [0.2, 0.25) is 0 Å². The summed E-state index contributed by atoms with van der Waals surface area (Å²) in [7, 11) is 0. The number of benzene rings is 1. The lowest BCUT2D eigenvalue weighted by molar-refractivity contribution is -0.384. The number of hydrogen-bond donors (Lipinski definition) is 2. The first-order valence-corrected chi connectivity index (χ1v) is 10.6. The second-order valence-electron chi connectivity index (χ2n) is 7.33. The van der Waals surface area contributed by atoms with Gasteiger partial charge in [0.15, 0.2) is 5.13 Å². The van der Waals surface area contributed by atoms with Gasteiger partial charge in [0.25, 0.3) is 5.69 Å². The maximum atomic E-state index is 11.5. The predicted octanol–water partition coefficient (Wildman–Crippen LogP) is 4.26. The van der Waals surface area contributed by atoms with Gasteiger partial charge in [0.1, 0.15) is 0 Å². The van der Waals surface area contributed by atoms with Gasteiger partial charge in [0.05, 0.1) is 10.6 Å². The van der Waals surface area contributed by atoms with Gasteiger partial charge >= 0.3 is 0 Å². The Labute approximate surface area is 172 Å². The van der Waals surface area contributed by atoms with Gasteiger partial charge in [-0.05, 0) is 43.5 Å². The number of non-ortho nitro benzene ring substituents is 1. The fourth-order valence-electron chi connectivity index (χ4n) is 3.86. The molecule has 0 aliphatic carbocycles. The van der Waals surface area contributed by atoms with E-state index in [0.717, 1.165) is 49.1 Å². The summed E-state index contributed by atoms with van der Waals surface area (Å²) in [5.74, 6) is 0.363. The van der Waals surface area contributed by atoms with Crippen LogP contribution >= 0.6 is 11.3 Å².